The van der Waals surface area contributed by atoms with Gasteiger partial charge in [0.05, 0.1) is 11.1 Å². The number of carboxylic acid groups (broad SMARTS) is 2. The molecule has 34 heavy (non-hydrogen) atoms. The second-order valence-corrected chi connectivity index (χ2v) is 7.72. The van der Waals surface area contributed by atoms with Gasteiger partial charge < -0.3 is 19.7 Å². The Morgan fingerprint density at radius 3 is 1.26 bits per heavy atom. The molecular weight excluding hydrogens is 448 g/mol. The molecule has 0 amide bonds. The van der Waals surface area contributed by atoms with E-state index < -0.39 is 35.8 Å². The lowest BCUT2D eigenvalue weighted by molar-refractivity contribution is -0.139. The highest BCUT2D eigenvalue weighted by Gasteiger charge is 2.17. The van der Waals surface area contributed by atoms with E-state index in [2.05, 4.69) is 0 Å². The number of rotatable bonds is 16. The second-order valence-electron chi connectivity index (χ2n) is 7.72. The number of carbonyl (C=O) groups is 6. The molecule has 0 bridgehead atoms. The highest BCUT2D eigenvalue weighted by Crippen LogP contribution is 2.12. The Labute approximate surface area is 197 Å². The summed E-state index contributed by atoms with van der Waals surface area (Å²) in [5, 5.41) is 17.1. The Morgan fingerprint density at radius 1 is 0.559 bits per heavy atom. The highest BCUT2D eigenvalue weighted by molar-refractivity contribution is 6.01. The molecule has 2 N–H and O–H groups in total. The van der Waals surface area contributed by atoms with Crippen molar-refractivity contribution in [2.24, 2.45) is 0 Å². The standard InChI is InChI=1S/C24H30O10/c25-19(26)12-5-1-3-7-14-21(29)33-23(31)17-10-9-11-18(16-17)24(32)34-22(30)15-8-4-2-6-13-20(27)28/h9-11,16H,1-8,12-15H2,(H,25,26)(H,27,28). The van der Waals surface area contributed by atoms with Crippen molar-refractivity contribution in [3.63, 3.8) is 0 Å². The number of ether oxygens (including phenoxy) is 2. The monoisotopic (exact) mass is 478 g/mol. The third-order valence-electron chi connectivity index (χ3n) is 4.79. The zero-order valence-electron chi connectivity index (χ0n) is 19.0. The Balaban J connectivity index is 2.39. The van der Waals surface area contributed by atoms with Crippen LogP contribution in [0.2, 0.25) is 0 Å². The van der Waals surface area contributed by atoms with Crippen LogP contribution in [-0.4, -0.2) is 46.0 Å². The normalized spacial score (nSPS) is 10.4. The van der Waals surface area contributed by atoms with Crippen LogP contribution < -0.4 is 0 Å². The average molecular weight is 478 g/mol. The van der Waals surface area contributed by atoms with Gasteiger partial charge in [0.25, 0.3) is 0 Å². The van der Waals surface area contributed by atoms with Crippen molar-refractivity contribution in [2.45, 2.75) is 77.0 Å². The van der Waals surface area contributed by atoms with E-state index in [9.17, 15) is 28.8 Å². The largest absolute Gasteiger partial charge is 0.481 e. The van der Waals surface area contributed by atoms with E-state index in [-0.39, 0.29) is 36.8 Å². The third kappa shape index (κ3) is 13.1. The van der Waals surface area contributed by atoms with Gasteiger partial charge in [0, 0.05) is 25.7 Å². The maximum Gasteiger partial charge on any atom is 0.345 e. The molecule has 0 aliphatic rings. The van der Waals surface area contributed by atoms with Gasteiger partial charge in [-0.25, -0.2) is 9.59 Å². The van der Waals surface area contributed by atoms with Gasteiger partial charge in [-0.05, 0) is 43.9 Å². The Bertz CT molecular complexity index is 807. The van der Waals surface area contributed by atoms with Gasteiger partial charge in [-0.15, -0.1) is 0 Å². The molecule has 0 aromatic heterocycles. The van der Waals surface area contributed by atoms with Crippen molar-refractivity contribution < 1.29 is 48.5 Å². The third-order valence-corrected chi connectivity index (χ3v) is 4.79. The molecule has 1 rings (SSSR count). The van der Waals surface area contributed by atoms with Crippen LogP contribution in [0.5, 0.6) is 0 Å². The first-order valence-electron chi connectivity index (χ1n) is 11.2. The summed E-state index contributed by atoms with van der Waals surface area (Å²) in [4.78, 5) is 68.9. The molecule has 0 unspecified atom stereocenters. The molecule has 0 spiro atoms. The second kappa shape index (κ2) is 16.1. The molecule has 0 radical (unpaired) electrons. The molecular formula is C24H30O10. The number of benzene rings is 1. The average Bonchev–Trinajstić information content (AvgIpc) is 2.78. The zero-order valence-corrected chi connectivity index (χ0v) is 19.0. The number of aliphatic carboxylic acids is 2. The van der Waals surface area contributed by atoms with Crippen molar-refractivity contribution in [3.8, 4) is 0 Å². The van der Waals surface area contributed by atoms with Crippen LogP contribution in [0, 0.1) is 0 Å². The van der Waals surface area contributed by atoms with Crippen LogP contribution in [0.25, 0.3) is 0 Å². The molecule has 0 saturated carbocycles. The quantitative estimate of drug-likeness (QED) is 0.202. The minimum absolute atomic E-state index is 0.00531. The SMILES string of the molecule is O=C(O)CCCCCCC(=O)OC(=O)c1cccc(C(=O)OC(=O)CCCCCCC(=O)O)c1. The Morgan fingerprint density at radius 2 is 0.912 bits per heavy atom. The van der Waals surface area contributed by atoms with Crippen LogP contribution in [-0.2, 0) is 28.7 Å². The minimum Gasteiger partial charge on any atom is -0.481 e. The topological polar surface area (TPSA) is 161 Å². The van der Waals surface area contributed by atoms with E-state index in [1.807, 2.05) is 0 Å². The summed E-state index contributed by atoms with van der Waals surface area (Å²) in [6.07, 6.45) is 4.67. The number of carboxylic acids is 2. The lowest BCUT2D eigenvalue weighted by Crippen LogP contribution is -2.15. The van der Waals surface area contributed by atoms with Crippen LogP contribution in [0.3, 0.4) is 0 Å². The maximum absolute atomic E-state index is 12.2. The predicted octanol–water partition coefficient (Wildman–Crippen LogP) is 3.90. The van der Waals surface area contributed by atoms with Crippen LogP contribution in [0.1, 0.15) is 97.8 Å². The van der Waals surface area contributed by atoms with E-state index in [0.717, 1.165) is 0 Å². The molecule has 0 aliphatic heterocycles. The van der Waals surface area contributed by atoms with Gasteiger partial charge in [0.15, 0.2) is 0 Å². The molecule has 0 fully saturated rings. The summed E-state index contributed by atoms with van der Waals surface area (Å²) in [6.45, 7) is 0. The minimum atomic E-state index is -0.932. The number of esters is 4. The lowest BCUT2D eigenvalue weighted by Gasteiger charge is -2.06. The number of hydrogen-bond acceptors (Lipinski definition) is 8. The molecule has 10 heteroatoms. The van der Waals surface area contributed by atoms with E-state index in [1.165, 1.54) is 24.3 Å². The summed E-state index contributed by atoms with van der Waals surface area (Å²) in [7, 11) is 0. The van der Waals surface area contributed by atoms with Gasteiger partial charge in [-0.3, -0.25) is 19.2 Å². The zero-order chi connectivity index (χ0) is 25.3. The van der Waals surface area contributed by atoms with Gasteiger partial charge in [-0.1, -0.05) is 31.7 Å². The Hall–Kier alpha value is -3.56. The van der Waals surface area contributed by atoms with Crippen LogP contribution in [0.15, 0.2) is 24.3 Å². The fraction of sp³-hybridized carbons (Fsp3) is 0.500. The van der Waals surface area contributed by atoms with Gasteiger partial charge in [0.1, 0.15) is 0 Å². The molecule has 0 heterocycles. The van der Waals surface area contributed by atoms with Crippen molar-refractivity contribution >= 4 is 35.8 Å². The first-order valence-corrected chi connectivity index (χ1v) is 11.2. The van der Waals surface area contributed by atoms with Gasteiger partial charge in [0.2, 0.25) is 0 Å². The van der Waals surface area contributed by atoms with E-state index in [4.69, 9.17) is 19.7 Å². The van der Waals surface area contributed by atoms with Crippen molar-refractivity contribution in [3.05, 3.63) is 35.4 Å². The first kappa shape index (κ1) is 28.5. The van der Waals surface area contributed by atoms with Crippen LogP contribution in [0.4, 0.5) is 0 Å². The molecule has 0 saturated heterocycles. The number of unbranched alkanes of at least 4 members (excludes halogenated alkanes) is 6. The fourth-order valence-electron chi connectivity index (χ4n) is 3.00. The predicted molar refractivity (Wildman–Crippen MR) is 118 cm³/mol. The van der Waals surface area contributed by atoms with Crippen molar-refractivity contribution in [2.75, 3.05) is 0 Å². The maximum atomic E-state index is 12.2. The summed E-state index contributed by atoms with van der Waals surface area (Å²) < 4.78 is 9.54. The van der Waals surface area contributed by atoms with Gasteiger partial charge in [-0.2, -0.15) is 0 Å². The summed E-state index contributed by atoms with van der Waals surface area (Å²) in [5.74, 6) is -5.06. The Kier molecular flexibility index (Phi) is 13.5. The molecule has 186 valence electrons. The molecule has 0 aliphatic carbocycles. The summed E-state index contributed by atoms with van der Waals surface area (Å²) in [5.41, 5.74) is -0.0923. The summed E-state index contributed by atoms with van der Waals surface area (Å²) >= 11 is 0. The van der Waals surface area contributed by atoms with Gasteiger partial charge >= 0.3 is 35.8 Å². The number of hydrogen-bond donors (Lipinski definition) is 2. The summed E-state index contributed by atoms with van der Waals surface area (Å²) in [6, 6.07) is 5.28. The molecule has 1 aromatic rings. The number of carbonyl (C=O) groups excluding carboxylic acids is 4. The molecule has 1 aromatic carbocycles. The first-order chi connectivity index (χ1) is 16.2. The fourth-order valence-corrected chi connectivity index (χ4v) is 3.00. The molecule has 0 atom stereocenters. The van der Waals surface area contributed by atoms with Crippen LogP contribution >= 0.6 is 0 Å². The van der Waals surface area contributed by atoms with Crippen molar-refractivity contribution in [1.29, 1.82) is 0 Å². The smallest absolute Gasteiger partial charge is 0.345 e. The van der Waals surface area contributed by atoms with E-state index >= 15 is 0 Å². The lowest BCUT2D eigenvalue weighted by atomic mass is 10.1. The molecule has 10 nitrogen and oxygen atoms in total. The van der Waals surface area contributed by atoms with E-state index in [1.54, 1.807) is 0 Å². The highest BCUT2D eigenvalue weighted by atomic mass is 16.6. The van der Waals surface area contributed by atoms with E-state index in [0.29, 0.717) is 51.4 Å². The van der Waals surface area contributed by atoms with Crippen molar-refractivity contribution in [1.82, 2.24) is 0 Å².